The first-order valence-electron chi connectivity index (χ1n) is 10.8. The number of rotatable bonds is 10. The minimum Gasteiger partial charge on any atom is -0.123 e. The Morgan fingerprint density at radius 1 is 0.500 bits per heavy atom. The molecule has 6 heteroatoms. The van der Waals surface area contributed by atoms with E-state index >= 15 is 0 Å². The van der Waals surface area contributed by atoms with Gasteiger partial charge in [0.2, 0.25) is 0 Å². The van der Waals surface area contributed by atoms with E-state index in [0.29, 0.717) is 0 Å². The van der Waals surface area contributed by atoms with E-state index in [1.165, 1.54) is 0 Å². The van der Waals surface area contributed by atoms with E-state index in [1.54, 1.807) is 0 Å². The Balaban J connectivity index is 1.77. The van der Waals surface area contributed by atoms with Crippen molar-refractivity contribution in [1.29, 1.82) is 0 Å². The second-order valence-electron chi connectivity index (χ2n) is 7.79. The Morgan fingerprint density at radius 3 is 0.941 bits per heavy atom. The highest BCUT2D eigenvalue weighted by molar-refractivity contribution is 7.33. The molecule has 0 unspecified atom stereocenters. The zero-order valence-corrected chi connectivity index (χ0v) is 20.8. The number of halogens is 2. The van der Waals surface area contributed by atoms with Crippen molar-refractivity contribution in [3.8, 4) is 0 Å². The van der Waals surface area contributed by atoms with Crippen LogP contribution in [0.2, 0.25) is 0 Å². The van der Waals surface area contributed by atoms with E-state index in [4.69, 9.17) is 32.2 Å². The van der Waals surface area contributed by atoms with Crippen molar-refractivity contribution in [2.75, 3.05) is 11.8 Å². The molecule has 0 N–H and O–H groups in total. The molecule has 0 aliphatic rings. The van der Waals surface area contributed by atoms with Crippen LogP contribution >= 0.6 is 31.5 Å². The second-order valence-corrected chi connectivity index (χ2v) is 9.14. The van der Waals surface area contributed by atoms with Gasteiger partial charge in [-0.25, -0.2) is 0 Å². The molecule has 0 fully saturated rings. The van der Waals surface area contributed by atoms with Gasteiger partial charge in [-0.15, -0.1) is 32.2 Å². The van der Waals surface area contributed by atoms with Crippen molar-refractivity contribution in [1.82, 2.24) is 0 Å². The first kappa shape index (κ1) is 24.6. The van der Waals surface area contributed by atoms with Crippen LogP contribution in [0.4, 0.5) is 0 Å². The largest absolute Gasteiger partial charge is 0.700 e. The highest BCUT2D eigenvalue weighted by atomic mass is 35.5. The lowest BCUT2D eigenvalue weighted by Crippen LogP contribution is -2.34. The predicted octanol–water partition coefficient (Wildman–Crippen LogP) is 8.04. The molecule has 0 saturated carbocycles. The van der Waals surface area contributed by atoms with E-state index < -0.39 is 19.5 Å². The Kier molecular flexibility index (Phi) is 8.15. The minimum absolute atomic E-state index is 0.0377. The summed E-state index contributed by atoms with van der Waals surface area (Å²) in [5, 5.41) is 0. The summed E-state index contributed by atoms with van der Waals surface area (Å²) < 4.78 is 26.2. The third-order valence-electron chi connectivity index (χ3n) is 5.80. The maximum atomic E-state index is 13.7. The maximum Gasteiger partial charge on any atom is 0.700 e. The zero-order chi connectivity index (χ0) is 23.9. The highest BCUT2D eigenvalue weighted by Crippen LogP contribution is 2.49. The molecule has 0 aliphatic carbocycles. The molecule has 0 radical (unpaired) electrons. The fourth-order valence-corrected chi connectivity index (χ4v) is 5.98. The molecular formula is C28H24Cl2O3P+. The Labute approximate surface area is 211 Å². The Bertz CT molecular complexity index is 1020. The summed E-state index contributed by atoms with van der Waals surface area (Å²) in [5.74, 6) is 0.0754. The molecule has 0 bridgehead atoms. The summed E-state index contributed by atoms with van der Waals surface area (Å²) in [6.07, 6.45) is 0. The smallest absolute Gasteiger partial charge is 0.123 e. The first-order valence-corrected chi connectivity index (χ1v) is 13.0. The molecule has 0 saturated heterocycles. The highest BCUT2D eigenvalue weighted by Gasteiger charge is 2.50. The van der Waals surface area contributed by atoms with Gasteiger partial charge in [-0.2, -0.15) is 0 Å². The van der Waals surface area contributed by atoms with Crippen molar-refractivity contribution < 1.29 is 13.6 Å². The van der Waals surface area contributed by atoms with Gasteiger partial charge in [0.05, 0.1) is 11.8 Å². The SMILES string of the molecule is O=[P+](OC(CCl)(c1ccccc1)c1ccccc1)OC(CCl)(c1ccccc1)c1ccccc1. The summed E-state index contributed by atoms with van der Waals surface area (Å²) in [6, 6.07) is 38.0. The molecule has 4 aromatic carbocycles. The summed E-state index contributed by atoms with van der Waals surface area (Å²) >= 11 is 13.1. The number of hydrogen-bond donors (Lipinski definition) is 0. The molecule has 0 aromatic heterocycles. The molecule has 0 spiro atoms. The third kappa shape index (κ3) is 4.95. The van der Waals surface area contributed by atoms with E-state index in [2.05, 4.69) is 0 Å². The van der Waals surface area contributed by atoms with Gasteiger partial charge in [-0.3, -0.25) is 0 Å². The summed E-state index contributed by atoms with van der Waals surface area (Å²) in [7, 11) is -2.68. The summed E-state index contributed by atoms with van der Waals surface area (Å²) in [6.45, 7) is 0. The van der Waals surface area contributed by atoms with Crippen molar-refractivity contribution in [2.24, 2.45) is 0 Å². The lowest BCUT2D eigenvalue weighted by Gasteiger charge is -2.29. The van der Waals surface area contributed by atoms with Crippen LogP contribution in [0, 0.1) is 0 Å². The van der Waals surface area contributed by atoms with Gasteiger partial charge in [-0.1, -0.05) is 121 Å². The summed E-state index contributed by atoms with van der Waals surface area (Å²) in [4.78, 5) is 0. The molecule has 3 nitrogen and oxygen atoms in total. The van der Waals surface area contributed by atoms with Crippen molar-refractivity contribution >= 4 is 31.5 Å². The first-order chi connectivity index (χ1) is 16.6. The molecule has 0 amide bonds. The van der Waals surface area contributed by atoms with Gasteiger partial charge in [0.25, 0.3) is 0 Å². The van der Waals surface area contributed by atoms with E-state index in [1.807, 2.05) is 121 Å². The molecule has 172 valence electrons. The third-order valence-corrected chi connectivity index (χ3v) is 7.47. The van der Waals surface area contributed by atoms with Gasteiger partial charge in [0.15, 0.2) is 11.2 Å². The number of benzene rings is 4. The quantitative estimate of drug-likeness (QED) is 0.160. The zero-order valence-electron chi connectivity index (χ0n) is 18.4. The van der Waals surface area contributed by atoms with Crippen molar-refractivity contribution in [2.45, 2.75) is 11.2 Å². The minimum atomic E-state index is -2.68. The number of alkyl halides is 2. The van der Waals surface area contributed by atoms with Crippen LogP contribution < -0.4 is 0 Å². The molecule has 0 aliphatic heterocycles. The molecule has 0 heterocycles. The van der Waals surface area contributed by atoms with Gasteiger partial charge < -0.3 is 0 Å². The fraction of sp³-hybridized carbons (Fsp3) is 0.143. The van der Waals surface area contributed by atoms with Crippen molar-refractivity contribution in [3.63, 3.8) is 0 Å². The second kappa shape index (κ2) is 11.3. The average molecular weight is 510 g/mol. The molecular weight excluding hydrogens is 486 g/mol. The van der Waals surface area contributed by atoms with Gasteiger partial charge >= 0.3 is 8.25 Å². The van der Waals surface area contributed by atoms with Crippen LogP contribution in [0.3, 0.4) is 0 Å². The Hall–Kier alpha value is -2.52. The van der Waals surface area contributed by atoms with Gasteiger partial charge in [0, 0.05) is 4.57 Å². The fourth-order valence-electron chi connectivity index (χ4n) is 4.00. The number of hydrogen-bond acceptors (Lipinski definition) is 3. The topological polar surface area (TPSA) is 35.5 Å². The lowest BCUT2D eigenvalue weighted by atomic mass is 9.88. The average Bonchev–Trinajstić information content (AvgIpc) is 2.92. The lowest BCUT2D eigenvalue weighted by molar-refractivity contribution is 0.0661. The molecule has 0 atom stereocenters. The molecule has 4 aromatic rings. The maximum absolute atomic E-state index is 13.7. The van der Waals surface area contributed by atoms with Crippen LogP contribution in [0.15, 0.2) is 121 Å². The predicted molar refractivity (Wildman–Crippen MR) is 139 cm³/mol. The summed E-state index contributed by atoms with van der Waals surface area (Å²) in [5.41, 5.74) is 0.752. The standard InChI is InChI=1S/C28H24Cl2O3P/c29-21-27(23-13-5-1-6-14-23,24-15-7-2-8-16-24)32-34(31)33-28(22-30,25-17-9-3-10-18-25)26-19-11-4-12-20-26/h1-20H,21-22H2/q+1. The van der Waals surface area contributed by atoms with Crippen LogP contribution in [-0.2, 0) is 24.8 Å². The Morgan fingerprint density at radius 2 is 0.735 bits per heavy atom. The normalized spacial score (nSPS) is 11.8. The van der Waals surface area contributed by atoms with Crippen molar-refractivity contribution in [3.05, 3.63) is 144 Å². The van der Waals surface area contributed by atoms with Gasteiger partial charge in [-0.05, 0) is 22.3 Å². The van der Waals surface area contributed by atoms with Crippen LogP contribution in [0.5, 0.6) is 0 Å². The van der Waals surface area contributed by atoms with E-state index in [9.17, 15) is 4.57 Å². The van der Waals surface area contributed by atoms with Crippen LogP contribution in [0.25, 0.3) is 0 Å². The molecule has 4 rings (SSSR count). The van der Waals surface area contributed by atoms with Gasteiger partial charge in [0.1, 0.15) is 0 Å². The van der Waals surface area contributed by atoms with E-state index in [-0.39, 0.29) is 11.8 Å². The van der Waals surface area contributed by atoms with Crippen LogP contribution in [0.1, 0.15) is 22.3 Å². The van der Waals surface area contributed by atoms with Crippen LogP contribution in [-0.4, -0.2) is 11.8 Å². The monoisotopic (exact) mass is 509 g/mol. The van der Waals surface area contributed by atoms with E-state index in [0.717, 1.165) is 22.3 Å². The molecule has 34 heavy (non-hydrogen) atoms.